The molecule has 1 aliphatic rings. The van der Waals surface area contributed by atoms with Gasteiger partial charge in [-0.25, -0.2) is 9.69 Å². The minimum absolute atomic E-state index is 0.150. The molecule has 1 aliphatic heterocycles. The number of benzene rings is 3. The number of barbiturate groups is 1. The van der Waals surface area contributed by atoms with Gasteiger partial charge in [0, 0.05) is 5.02 Å². The van der Waals surface area contributed by atoms with E-state index in [1.807, 2.05) is 12.1 Å². The first-order chi connectivity index (χ1) is 16.8. The fraction of sp³-hybridized carbons (Fsp3) is 0.0800. The van der Waals surface area contributed by atoms with Crippen LogP contribution < -0.4 is 19.7 Å². The first-order valence-corrected chi connectivity index (χ1v) is 11.3. The van der Waals surface area contributed by atoms with Crippen LogP contribution in [0, 0.1) is 0 Å². The van der Waals surface area contributed by atoms with E-state index in [-0.39, 0.29) is 27.9 Å². The van der Waals surface area contributed by atoms with Crippen LogP contribution in [-0.4, -0.2) is 25.0 Å². The van der Waals surface area contributed by atoms with Gasteiger partial charge in [0.15, 0.2) is 11.5 Å². The molecule has 3 aromatic carbocycles. The Hall–Kier alpha value is -3.52. The maximum absolute atomic E-state index is 13.1. The van der Waals surface area contributed by atoms with Crippen molar-refractivity contribution >= 4 is 64.4 Å². The van der Waals surface area contributed by atoms with E-state index in [0.717, 1.165) is 10.5 Å². The van der Waals surface area contributed by atoms with Crippen molar-refractivity contribution < 1.29 is 23.9 Å². The van der Waals surface area contributed by atoms with Crippen LogP contribution in [-0.2, 0) is 16.2 Å². The molecule has 0 unspecified atom stereocenters. The fourth-order valence-electron chi connectivity index (χ4n) is 3.38. The van der Waals surface area contributed by atoms with Crippen molar-refractivity contribution in [1.29, 1.82) is 0 Å². The third kappa shape index (κ3) is 5.27. The molecule has 0 bridgehead atoms. The van der Waals surface area contributed by atoms with Crippen LogP contribution in [0.4, 0.5) is 10.5 Å². The molecule has 0 aliphatic carbocycles. The Balaban J connectivity index is 1.64. The van der Waals surface area contributed by atoms with Crippen LogP contribution in [0.25, 0.3) is 6.08 Å². The van der Waals surface area contributed by atoms with E-state index in [9.17, 15) is 14.4 Å². The standard InChI is InChI=1S/C25H17Cl3N2O5/c1-34-21-12-15(11-19(28)22(21)35-13-14-6-8-16(26)9-7-14)10-17-23(31)29-25(33)30(24(17)32)20-5-3-2-4-18(20)27/h2-12H,13H2,1H3,(H,29,31,33)/b17-10+. The van der Waals surface area contributed by atoms with E-state index in [1.165, 1.54) is 31.4 Å². The van der Waals surface area contributed by atoms with Gasteiger partial charge >= 0.3 is 6.03 Å². The van der Waals surface area contributed by atoms with E-state index < -0.39 is 17.8 Å². The highest BCUT2D eigenvalue weighted by atomic mass is 35.5. The molecular formula is C25H17Cl3N2O5. The molecular weight excluding hydrogens is 515 g/mol. The second-order valence-corrected chi connectivity index (χ2v) is 8.61. The Labute approximate surface area is 215 Å². The zero-order valence-corrected chi connectivity index (χ0v) is 20.4. The summed E-state index contributed by atoms with van der Waals surface area (Å²) in [5, 5.41) is 3.14. The van der Waals surface area contributed by atoms with E-state index >= 15 is 0 Å². The Kier molecular flexibility index (Phi) is 7.31. The summed E-state index contributed by atoms with van der Waals surface area (Å²) in [7, 11) is 1.44. The van der Waals surface area contributed by atoms with Gasteiger partial charge in [-0.2, -0.15) is 0 Å². The molecule has 1 saturated heterocycles. The molecule has 0 spiro atoms. The molecule has 7 nitrogen and oxygen atoms in total. The quantitative estimate of drug-likeness (QED) is 0.316. The zero-order chi connectivity index (χ0) is 25.1. The molecule has 0 atom stereocenters. The van der Waals surface area contributed by atoms with Gasteiger partial charge < -0.3 is 9.47 Å². The molecule has 178 valence electrons. The maximum Gasteiger partial charge on any atom is 0.335 e. The molecule has 4 rings (SSSR count). The Morgan fingerprint density at radius 2 is 1.66 bits per heavy atom. The Morgan fingerprint density at radius 3 is 2.34 bits per heavy atom. The minimum atomic E-state index is -0.896. The van der Waals surface area contributed by atoms with Gasteiger partial charge in [0.2, 0.25) is 0 Å². The number of carbonyl (C=O) groups excluding carboxylic acids is 3. The number of ether oxygens (including phenoxy) is 2. The number of nitrogens with zero attached hydrogens (tertiary/aromatic N) is 1. The third-order valence-corrected chi connectivity index (χ3v) is 5.91. The number of hydrogen-bond acceptors (Lipinski definition) is 5. The van der Waals surface area contributed by atoms with Crippen molar-refractivity contribution in [3.63, 3.8) is 0 Å². The second-order valence-electron chi connectivity index (χ2n) is 7.36. The van der Waals surface area contributed by atoms with Gasteiger partial charge in [0.1, 0.15) is 12.2 Å². The highest BCUT2D eigenvalue weighted by molar-refractivity contribution is 6.42. The van der Waals surface area contributed by atoms with Crippen LogP contribution in [0.15, 0.2) is 66.2 Å². The van der Waals surface area contributed by atoms with E-state index in [4.69, 9.17) is 44.3 Å². The van der Waals surface area contributed by atoms with E-state index in [2.05, 4.69) is 5.32 Å². The minimum Gasteiger partial charge on any atom is -0.493 e. The molecule has 0 radical (unpaired) electrons. The van der Waals surface area contributed by atoms with E-state index in [1.54, 1.807) is 30.3 Å². The third-order valence-electron chi connectivity index (χ3n) is 5.05. The number of imide groups is 2. The summed E-state index contributed by atoms with van der Waals surface area (Å²) < 4.78 is 11.3. The average molecular weight is 532 g/mol. The normalized spacial score (nSPS) is 14.8. The number of para-hydroxylation sites is 1. The lowest BCUT2D eigenvalue weighted by Crippen LogP contribution is -2.54. The molecule has 0 saturated carbocycles. The molecule has 1 fully saturated rings. The van der Waals surface area contributed by atoms with Crippen molar-refractivity contribution in [1.82, 2.24) is 5.32 Å². The highest BCUT2D eigenvalue weighted by Gasteiger charge is 2.37. The zero-order valence-electron chi connectivity index (χ0n) is 18.2. The summed E-state index contributed by atoms with van der Waals surface area (Å²) in [4.78, 5) is 38.8. The summed E-state index contributed by atoms with van der Waals surface area (Å²) >= 11 is 18.5. The van der Waals surface area contributed by atoms with Gasteiger partial charge in [-0.05, 0) is 53.6 Å². The van der Waals surface area contributed by atoms with Gasteiger partial charge in [-0.3, -0.25) is 14.9 Å². The lowest BCUT2D eigenvalue weighted by molar-refractivity contribution is -0.122. The van der Waals surface area contributed by atoms with Crippen molar-refractivity contribution in [3.05, 3.63) is 92.4 Å². The predicted molar refractivity (Wildman–Crippen MR) is 134 cm³/mol. The topological polar surface area (TPSA) is 84.9 Å². The summed E-state index contributed by atoms with van der Waals surface area (Å²) in [6, 6.07) is 15.6. The molecule has 1 heterocycles. The number of hydrogen-bond donors (Lipinski definition) is 1. The first-order valence-electron chi connectivity index (χ1n) is 10.2. The smallest absolute Gasteiger partial charge is 0.335 e. The summed E-state index contributed by atoms with van der Waals surface area (Å²) in [6.07, 6.45) is 1.31. The average Bonchev–Trinajstić information content (AvgIpc) is 2.83. The van der Waals surface area contributed by atoms with Crippen LogP contribution >= 0.6 is 34.8 Å². The molecule has 0 aromatic heterocycles. The SMILES string of the molecule is COc1cc(/C=C2\C(=O)NC(=O)N(c3ccccc3Cl)C2=O)cc(Cl)c1OCc1ccc(Cl)cc1. The van der Waals surface area contributed by atoms with E-state index in [0.29, 0.717) is 22.1 Å². The predicted octanol–water partition coefficient (Wildman–Crippen LogP) is 5.90. The summed E-state index contributed by atoms with van der Waals surface area (Å²) in [5.41, 5.74) is 1.12. The lowest BCUT2D eigenvalue weighted by atomic mass is 10.1. The number of halogens is 3. The van der Waals surface area contributed by atoms with Gasteiger partial charge in [0.25, 0.3) is 11.8 Å². The summed E-state index contributed by atoms with van der Waals surface area (Å²) in [5.74, 6) is -1.09. The second kappa shape index (κ2) is 10.4. The molecule has 10 heteroatoms. The molecule has 3 aromatic rings. The number of rotatable bonds is 6. The fourth-order valence-corrected chi connectivity index (χ4v) is 4.00. The highest BCUT2D eigenvalue weighted by Crippen LogP contribution is 2.38. The largest absolute Gasteiger partial charge is 0.493 e. The van der Waals surface area contributed by atoms with Gasteiger partial charge in [-0.15, -0.1) is 0 Å². The number of anilines is 1. The first kappa shape index (κ1) is 24.6. The summed E-state index contributed by atoms with van der Waals surface area (Å²) in [6.45, 7) is 0.212. The number of urea groups is 1. The Bertz CT molecular complexity index is 1360. The molecule has 35 heavy (non-hydrogen) atoms. The maximum atomic E-state index is 13.1. The van der Waals surface area contributed by atoms with Crippen LogP contribution in [0.3, 0.4) is 0 Å². The van der Waals surface area contributed by atoms with Gasteiger partial charge in [-0.1, -0.05) is 59.1 Å². The number of nitrogens with one attached hydrogen (secondary N) is 1. The van der Waals surface area contributed by atoms with Crippen molar-refractivity contribution in [2.45, 2.75) is 6.61 Å². The lowest BCUT2D eigenvalue weighted by Gasteiger charge is -2.27. The van der Waals surface area contributed by atoms with Crippen molar-refractivity contribution in [2.24, 2.45) is 0 Å². The Morgan fingerprint density at radius 1 is 0.943 bits per heavy atom. The number of methoxy groups -OCH3 is 1. The van der Waals surface area contributed by atoms with Crippen LogP contribution in [0.5, 0.6) is 11.5 Å². The van der Waals surface area contributed by atoms with Crippen molar-refractivity contribution in [2.75, 3.05) is 12.0 Å². The van der Waals surface area contributed by atoms with Crippen molar-refractivity contribution in [3.8, 4) is 11.5 Å². The molecule has 4 amide bonds. The number of amides is 4. The molecule has 1 N–H and O–H groups in total. The number of carbonyl (C=O) groups is 3. The monoisotopic (exact) mass is 530 g/mol. The van der Waals surface area contributed by atoms with Gasteiger partial charge in [0.05, 0.1) is 22.8 Å². The van der Waals surface area contributed by atoms with Crippen LogP contribution in [0.1, 0.15) is 11.1 Å². The van der Waals surface area contributed by atoms with Crippen LogP contribution in [0.2, 0.25) is 15.1 Å².